The first-order valence-corrected chi connectivity index (χ1v) is 9.16. The number of nitrogens with zero attached hydrogens (tertiary/aromatic N) is 4. The van der Waals surface area contributed by atoms with Crippen LogP contribution in [0.2, 0.25) is 0 Å². The molecule has 26 heavy (non-hydrogen) atoms. The second-order valence-electron chi connectivity index (χ2n) is 7.78. The quantitative estimate of drug-likeness (QED) is 0.883. The highest BCUT2D eigenvalue weighted by molar-refractivity contribution is 5.87. The van der Waals surface area contributed by atoms with Crippen molar-refractivity contribution in [2.24, 2.45) is 0 Å². The number of aromatic nitrogens is 3. The lowest BCUT2D eigenvalue weighted by Gasteiger charge is -2.40. The summed E-state index contributed by atoms with van der Waals surface area (Å²) in [6.45, 7) is 9.31. The summed E-state index contributed by atoms with van der Waals surface area (Å²) in [7, 11) is 0. The Morgan fingerprint density at radius 3 is 2.54 bits per heavy atom. The number of urea groups is 1. The lowest BCUT2D eigenvalue weighted by molar-refractivity contribution is 0.0983. The van der Waals surface area contributed by atoms with Crippen LogP contribution >= 0.6 is 0 Å². The Balaban J connectivity index is 1.46. The van der Waals surface area contributed by atoms with Crippen LogP contribution in [-0.4, -0.2) is 50.4 Å². The molecule has 2 amide bonds. The van der Waals surface area contributed by atoms with Crippen LogP contribution in [0.4, 0.5) is 10.7 Å². The summed E-state index contributed by atoms with van der Waals surface area (Å²) < 4.78 is 1.72. The first-order valence-electron chi connectivity index (χ1n) is 9.16. The number of hydrogen-bond acceptors (Lipinski definition) is 4. The van der Waals surface area contributed by atoms with E-state index in [0.717, 1.165) is 31.5 Å². The predicted molar refractivity (Wildman–Crippen MR) is 102 cm³/mol. The number of carbonyl (C=O) groups is 1. The van der Waals surface area contributed by atoms with Gasteiger partial charge in [-0.2, -0.15) is 0 Å². The number of anilines is 1. The van der Waals surface area contributed by atoms with Gasteiger partial charge in [-0.15, -0.1) is 5.10 Å². The van der Waals surface area contributed by atoms with Gasteiger partial charge in [0.2, 0.25) is 5.95 Å². The minimum atomic E-state index is -0.239. The van der Waals surface area contributed by atoms with Crippen molar-refractivity contribution in [3.63, 3.8) is 0 Å². The van der Waals surface area contributed by atoms with Crippen molar-refractivity contribution in [1.29, 1.82) is 0 Å². The molecule has 0 spiro atoms. The third kappa shape index (κ3) is 5.05. The Hall–Kier alpha value is -2.41. The molecular weight excluding hydrogens is 328 g/mol. The van der Waals surface area contributed by atoms with E-state index in [2.05, 4.69) is 46.4 Å². The van der Waals surface area contributed by atoms with E-state index in [9.17, 15) is 4.79 Å². The Kier molecular flexibility index (Phi) is 5.56. The summed E-state index contributed by atoms with van der Waals surface area (Å²) in [5.41, 5.74) is 1.32. The van der Waals surface area contributed by atoms with E-state index in [1.807, 2.05) is 30.3 Å². The number of piperidine rings is 1. The van der Waals surface area contributed by atoms with Crippen molar-refractivity contribution in [2.45, 2.75) is 51.7 Å². The van der Waals surface area contributed by atoms with Gasteiger partial charge < -0.3 is 5.32 Å². The number of nitrogens with one attached hydrogen (secondary N) is 2. The molecule has 0 bridgehead atoms. The van der Waals surface area contributed by atoms with Gasteiger partial charge in [0.05, 0.1) is 6.54 Å². The van der Waals surface area contributed by atoms with Gasteiger partial charge in [0.15, 0.2) is 0 Å². The van der Waals surface area contributed by atoms with Crippen LogP contribution < -0.4 is 10.6 Å². The van der Waals surface area contributed by atoms with Crippen LogP contribution in [0.3, 0.4) is 0 Å². The van der Waals surface area contributed by atoms with Crippen LogP contribution in [-0.2, 0) is 6.54 Å². The maximum Gasteiger partial charge on any atom is 0.321 e. The van der Waals surface area contributed by atoms with E-state index in [4.69, 9.17) is 0 Å². The van der Waals surface area contributed by atoms with Crippen molar-refractivity contribution in [2.75, 3.05) is 18.4 Å². The molecule has 0 saturated carbocycles. The van der Waals surface area contributed by atoms with Gasteiger partial charge in [-0.3, -0.25) is 10.2 Å². The molecule has 1 aromatic heterocycles. The molecule has 1 fully saturated rings. The van der Waals surface area contributed by atoms with Crippen molar-refractivity contribution in [3.05, 3.63) is 42.2 Å². The molecule has 1 aliphatic heterocycles. The van der Waals surface area contributed by atoms with Gasteiger partial charge in [-0.1, -0.05) is 30.3 Å². The van der Waals surface area contributed by atoms with E-state index in [1.54, 1.807) is 11.0 Å². The number of carbonyl (C=O) groups excluding carboxylic acids is 1. The molecule has 2 N–H and O–H groups in total. The molecule has 3 rings (SSSR count). The zero-order valence-electron chi connectivity index (χ0n) is 15.8. The Bertz CT molecular complexity index is 713. The summed E-state index contributed by atoms with van der Waals surface area (Å²) >= 11 is 0. The number of benzene rings is 1. The van der Waals surface area contributed by atoms with Crippen LogP contribution in [0.25, 0.3) is 0 Å². The van der Waals surface area contributed by atoms with Gasteiger partial charge in [-0.25, -0.2) is 14.5 Å². The van der Waals surface area contributed by atoms with Crippen molar-refractivity contribution >= 4 is 12.0 Å². The predicted octanol–water partition coefficient (Wildman–Crippen LogP) is 2.71. The molecule has 1 aliphatic rings. The molecule has 0 atom stereocenters. The molecule has 7 heteroatoms. The van der Waals surface area contributed by atoms with Gasteiger partial charge in [0.25, 0.3) is 0 Å². The summed E-state index contributed by atoms with van der Waals surface area (Å²) in [6.07, 6.45) is 3.55. The van der Waals surface area contributed by atoms with Crippen molar-refractivity contribution < 1.29 is 4.79 Å². The van der Waals surface area contributed by atoms with E-state index in [1.165, 1.54) is 0 Å². The number of hydrogen-bond donors (Lipinski definition) is 2. The summed E-state index contributed by atoms with van der Waals surface area (Å²) in [5.74, 6) is 0.325. The second kappa shape index (κ2) is 7.86. The molecular formula is C19H28N6O. The summed E-state index contributed by atoms with van der Waals surface area (Å²) in [6, 6.07) is 9.98. The Morgan fingerprint density at radius 1 is 1.19 bits per heavy atom. The maximum absolute atomic E-state index is 12.2. The van der Waals surface area contributed by atoms with Gasteiger partial charge >= 0.3 is 6.03 Å². The summed E-state index contributed by atoms with van der Waals surface area (Å²) in [4.78, 5) is 18.8. The smallest absolute Gasteiger partial charge is 0.321 e. The normalized spacial score (nSPS) is 16.4. The molecule has 0 unspecified atom stereocenters. The molecule has 2 aromatic rings. The number of amides is 2. The average Bonchev–Trinajstić information content (AvgIpc) is 3.02. The second-order valence-corrected chi connectivity index (χ2v) is 7.78. The number of likely N-dealkylation sites (tertiary alicyclic amines) is 1. The molecule has 1 aromatic carbocycles. The highest BCUT2D eigenvalue weighted by atomic mass is 16.2. The van der Waals surface area contributed by atoms with Gasteiger partial charge in [0, 0.05) is 24.7 Å². The van der Waals surface area contributed by atoms with E-state index < -0.39 is 0 Å². The Morgan fingerprint density at radius 2 is 1.88 bits per heavy atom. The van der Waals surface area contributed by atoms with E-state index in [0.29, 0.717) is 12.5 Å². The van der Waals surface area contributed by atoms with Crippen LogP contribution in [0.15, 0.2) is 36.7 Å². The molecule has 2 heterocycles. The van der Waals surface area contributed by atoms with Gasteiger partial charge in [-0.05, 0) is 39.2 Å². The lowest BCUT2D eigenvalue weighted by atomic mass is 9.98. The van der Waals surface area contributed by atoms with Crippen LogP contribution in [0.5, 0.6) is 0 Å². The first kappa shape index (κ1) is 18.4. The fraction of sp³-hybridized carbons (Fsp3) is 0.526. The SMILES string of the molecule is CC(C)(C)N1CCC(NC(=O)Nc2ncn(Cc3ccccc3)n2)CC1. The Labute approximate surface area is 154 Å². The fourth-order valence-electron chi connectivity index (χ4n) is 3.22. The highest BCUT2D eigenvalue weighted by Crippen LogP contribution is 2.20. The fourth-order valence-corrected chi connectivity index (χ4v) is 3.22. The number of rotatable bonds is 4. The largest absolute Gasteiger partial charge is 0.335 e. The monoisotopic (exact) mass is 356 g/mol. The highest BCUT2D eigenvalue weighted by Gasteiger charge is 2.27. The molecule has 140 valence electrons. The molecule has 0 radical (unpaired) electrons. The van der Waals surface area contributed by atoms with Crippen molar-refractivity contribution in [1.82, 2.24) is 25.0 Å². The zero-order valence-corrected chi connectivity index (χ0v) is 15.8. The van der Waals surface area contributed by atoms with Crippen LogP contribution in [0, 0.1) is 0 Å². The topological polar surface area (TPSA) is 75.1 Å². The average molecular weight is 356 g/mol. The first-order chi connectivity index (χ1) is 12.4. The van der Waals surface area contributed by atoms with Crippen LogP contribution in [0.1, 0.15) is 39.2 Å². The van der Waals surface area contributed by atoms with Crippen molar-refractivity contribution in [3.8, 4) is 0 Å². The lowest BCUT2D eigenvalue weighted by Crippen LogP contribution is -2.51. The minimum absolute atomic E-state index is 0.183. The third-order valence-corrected chi connectivity index (χ3v) is 4.73. The third-order valence-electron chi connectivity index (χ3n) is 4.73. The standard InChI is InChI=1S/C19H28N6O/c1-19(2,3)24-11-9-16(10-12-24)21-18(26)22-17-20-14-25(23-17)13-15-7-5-4-6-8-15/h4-8,14,16H,9-13H2,1-3H3,(H2,21,22,23,26). The summed E-state index contributed by atoms with van der Waals surface area (Å²) in [5, 5.41) is 10.1. The van der Waals surface area contributed by atoms with E-state index >= 15 is 0 Å². The van der Waals surface area contributed by atoms with E-state index in [-0.39, 0.29) is 17.6 Å². The molecule has 7 nitrogen and oxygen atoms in total. The minimum Gasteiger partial charge on any atom is -0.335 e. The zero-order chi connectivity index (χ0) is 18.6. The van der Waals surface area contributed by atoms with Gasteiger partial charge in [0.1, 0.15) is 6.33 Å². The molecule has 0 aliphatic carbocycles. The maximum atomic E-state index is 12.2. The molecule has 1 saturated heterocycles.